The molecule has 1 amide bonds. The molecule has 0 aliphatic heterocycles. The Labute approximate surface area is 373 Å². The topological polar surface area (TPSA) is 95.9 Å². The van der Waals surface area contributed by atoms with E-state index in [4.69, 9.17) is 4.74 Å². The Morgan fingerprint density at radius 1 is 0.450 bits per heavy atom. The number of allylic oxidation sites excluding steroid dienone is 5. The molecular weight excluding hydrogens is 743 g/mol. The van der Waals surface area contributed by atoms with Gasteiger partial charge in [-0.3, -0.25) is 9.59 Å². The van der Waals surface area contributed by atoms with Crippen LogP contribution in [0.3, 0.4) is 0 Å². The lowest BCUT2D eigenvalue weighted by Gasteiger charge is -2.20. The van der Waals surface area contributed by atoms with Gasteiger partial charge < -0.3 is 20.3 Å². The Morgan fingerprint density at radius 2 is 0.783 bits per heavy atom. The average Bonchev–Trinajstić information content (AvgIpc) is 3.25. The molecule has 0 heterocycles. The molecule has 60 heavy (non-hydrogen) atoms. The van der Waals surface area contributed by atoms with Gasteiger partial charge in [0.1, 0.15) is 0 Å². The SMILES string of the molecule is CCCCCCCCC/C=C\CCCCCCCCCC(=O)OCCCCCC/C=C\CCCCCCCCCC(=O)NC(CO)C(O)/C=C/CCCCCCCCCC. The molecule has 3 N–H and O–H groups in total. The molecule has 0 spiro atoms. The van der Waals surface area contributed by atoms with Crippen molar-refractivity contribution in [3.63, 3.8) is 0 Å². The number of carbonyl (C=O) groups is 2. The molecule has 0 aromatic carbocycles. The van der Waals surface area contributed by atoms with Crippen molar-refractivity contribution in [1.29, 1.82) is 0 Å². The van der Waals surface area contributed by atoms with Crippen molar-refractivity contribution in [2.75, 3.05) is 13.2 Å². The van der Waals surface area contributed by atoms with Gasteiger partial charge in [-0.05, 0) is 83.5 Å². The molecule has 0 aromatic heterocycles. The Morgan fingerprint density at radius 3 is 1.18 bits per heavy atom. The molecule has 2 unspecified atom stereocenters. The summed E-state index contributed by atoms with van der Waals surface area (Å²) < 4.78 is 5.46. The van der Waals surface area contributed by atoms with Crippen LogP contribution in [0.5, 0.6) is 0 Å². The van der Waals surface area contributed by atoms with E-state index in [1.165, 1.54) is 173 Å². The summed E-state index contributed by atoms with van der Waals surface area (Å²) in [7, 11) is 0. The molecule has 0 rings (SSSR count). The molecule has 0 radical (unpaired) electrons. The van der Waals surface area contributed by atoms with Gasteiger partial charge in [-0.25, -0.2) is 0 Å². The number of esters is 1. The minimum atomic E-state index is -0.853. The van der Waals surface area contributed by atoms with Crippen LogP contribution in [-0.2, 0) is 14.3 Å². The second-order valence-corrected chi connectivity index (χ2v) is 17.8. The van der Waals surface area contributed by atoms with Gasteiger partial charge in [0.2, 0.25) is 5.91 Å². The monoisotopic (exact) mass is 844 g/mol. The first-order valence-corrected chi connectivity index (χ1v) is 26.3. The lowest BCUT2D eigenvalue weighted by atomic mass is 10.1. The van der Waals surface area contributed by atoms with Crippen LogP contribution < -0.4 is 5.32 Å². The van der Waals surface area contributed by atoms with Gasteiger partial charge in [-0.15, -0.1) is 0 Å². The van der Waals surface area contributed by atoms with E-state index in [2.05, 4.69) is 43.5 Å². The normalized spacial score (nSPS) is 12.9. The van der Waals surface area contributed by atoms with Gasteiger partial charge >= 0.3 is 5.97 Å². The van der Waals surface area contributed by atoms with Gasteiger partial charge in [-0.1, -0.05) is 211 Å². The number of hydrogen-bond donors (Lipinski definition) is 3. The molecule has 0 fully saturated rings. The largest absolute Gasteiger partial charge is 0.466 e. The summed E-state index contributed by atoms with van der Waals surface area (Å²) >= 11 is 0. The molecule has 352 valence electrons. The van der Waals surface area contributed by atoms with E-state index in [9.17, 15) is 19.8 Å². The van der Waals surface area contributed by atoms with Crippen molar-refractivity contribution in [2.45, 2.75) is 283 Å². The van der Waals surface area contributed by atoms with E-state index in [1.807, 2.05) is 6.08 Å². The van der Waals surface area contributed by atoms with Crippen molar-refractivity contribution in [3.8, 4) is 0 Å². The quantitative estimate of drug-likeness (QED) is 0.0322. The Balaban J connectivity index is 3.47. The molecule has 0 aliphatic rings. The fourth-order valence-corrected chi connectivity index (χ4v) is 7.80. The summed E-state index contributed by atoms with van der Waals surface area (Å²) in [5, 5.41) is 22.9. The molecule has 0 saturated heterocycles. The number of hydrogen-bond acceptors (Lipinski definition) is 5. The minimum Gasteiger partial charge on any atom is -0.466 e. The summed E-state index contributed by atoms with van der Waals surface area (Å²) in [6.07, 6.45) is 60.1. The predicted molar refractivity (Wildman–Crippen MR) is 259 cm³/mol. The number of rotatable bonds is 48. The average molecular weight is 844 g/mol. The summed E-state index contributed by atoms with van der Waals surface area (Å²) in [5.41, 5.74) is 0. The minimum absolute atomic E-state index is 0.0150. The number of carbonyl (C=O) groups excluding carboxylic acids is 2. The highest BCUT2D eigenvalue weighted by Crippen LogP contribution is 2.15. The van der Waals surface area contributed by atoms with E-state index in [0.29, 0.717) is 19.4 Å². The lowest BCUT2D eigenvalue weighted by Crippen LogP contribution is -2.45. The summed E-state index contributed by atoms with van der Waals surface area (Å²) in [6, 6.07) is -0.638. The first-order chi connectivity index (χ1) is 29.5. The van der Waals surface area contributed by atoms with Crippen LogP contribution in [0.4, 0.5) is 0 Å². The highest BCUT2D eigenvalue weighted by molar-refractivity contribution is 5.76. The van der Waals surface area contributed by atoms with E-state index in [-0.39, 0.29) is 18.5 Å². The zero-order chi connectivity index (χ0) is 43.7. The zero-order valence-electron chi connectivity index (χ0n) is 39.9. The lowest BCUT2D eigenvalue weighted by molar-refractivity contribution is -0.143. The van der Waals surface area contributed by atoms with Crippen LogP contribution in [0.25, 0.3) is 0 Å². The van der Waals surface area contributed by atoms with Crippen LogP contribution in [0.2, 0.25) is 0 Å². The van der Waals surface area contributed by atoms with Gasteiger partial charge in [0.05, 0.1) is 25.4 Å². The number of ether oxygens (including phenoxy) is 1. The van der Waals surface area contributed by atoms with Gasteiger partial charge in [0, 0.05) is 12.8 Å². The van der Waals surface area contributed by atoms with Crippen molar-refractivity contribution >= 4 is 11.9 Å². The van der Waals surface area contributed by atoms with E-state index in [1.54, 1.807) is 6.08 Å². The predicted octanol–water partition coefficient (Wildman–Crippen LogP) is 15.7. The summed E-state index contributed by atoms with van der Waals surface area (Å²) in [4.78, 5) is 24.4. The standard InChI is InChI=1S/C54H101NO5/c1-3-5-7-9-11-13-15-16-17-18-19-22-25-28-32-36-40-44-48-54(59)60-49-45-41-37-33-29-26-23-20-21-24-27-31-35-39-43-47-53(58)55-51(50-56)52(57)46-42-38-34-30-14-12-10-8-6-4-2/h17-18,23,26,42,46,51-52,56-57H,3-16,19-22,24-25,27-41,43-45,47-50H2,1-2H3,(H,55,58)/b18-17-,26-23-,46-42+. The molecule has 0 bridgehead atoms. The molecule has 6 heteroatoms. The zero-order valence-corrected chi connectivity index (χ0v) is 39.9. The second-order valence-electron chi connectivity index (χ2n) is 17.8. The third-order valence-corrected chi connectivity index (χ3v) is 11.9. The Bertz CT molecular complexity index is 977. The molecule has 0 aromatic rings. The maximum absolute atomic E-state index is 12.4. The number of aliphatic hydroxyl groups is 2. The highest BCUT2D eigenvalue weighted by atomic mass is 16.5. The Hall–Kier alpha value is -1.92. The van der Waals surface area contributed by atoms with Crippen LogP contribution in [0, 0.1) is 0 Å². The van der Waals surface area contributed by atoms with Crippen molar-refractivity contribution in [2.24, 2.45) is 0 Å². The van der Waals surface area contributed by atoms with Gasteiger partial charge in [0.15, 0.2) is 0 Å². The Kier molecular flexibility index (Phi) is 48.1. The second kappa shape index (κ2) is 49.7. The maximum atomic E-state index is 12.4. The molecule has 0 aliphatic carbocycles. The van der Waals surface area contributed by atoms with E-state index >= 15 is 0 Å². The van der Waals surface area contributed by atoms with Crippen LogP contribution in [0.15, 0.2) is 36.5 Å². The van der Waals surface area contributed by atoms with Crippen molar-refractivity contribution in [3.05, 3.63) is 36.5 Å². The number of aliphatic hydroxyl groups excluding tert-OH is 2. The smallest absolute Gasteiger partial charge is 0.305 e. The van der Waals surface area contributed by atoms with Gasteiger partial charge in [-0.2, -0.15) is 0 Å². The summed E-state index contributed by atoms with van der Waals surface area (Å²) in [6.45, 7) is 4.84. The number of amides is 1. The number of unbranched alkanes of at least 4 members (excludes halogenated alkanes) is 33. The van der Waals surface area contributed by atoms with Crippen LogP contribution >= 0.6 is 0 Å². The maximum Gasteiger partial charge on any atom is 0.305 e. The van der Waals surface area contributed by atoms with Crippen molar-refractivity contribution in [1.82, 2.24) is 5.32 Å². The third-order valence-electron chi connectivity index (χ3n) is 11.9. The fourth-order valence-electron chi connectivity index (χ4n) is 7.80. The van der Waals surface area contributed by atoms with Crippen molar-refractivity contribution < 1.29 is 24.5 Å². The first kappa shape index (κ1) is 58.1. The molecule has 2 atom stereocenters. The number of nitrogens with one attached hydrogen (secondary N) is 1. The van der Waals surface area contributed by atoms with Crippen LogP contribution in [-0.4, -0.2) is 47.4 Å². The van der Waals surface area contributed by atoms with Gasteiger partial charge in [0.25, 0.3) is 0 Å². The van der Waals surface area contributed by atoms with Crippen LogP contribution in [0.1, 0.15) is 271 Å². The molecule has 0 saturated carbocycles. The third kappa shape index (κ3) is 45.6. The summed E-state index contributed by atoms with van der Waals surface area (Å²) in [5.74, 6) is -0.101. The molecule has 6 nitrogen and oxygen atoms in total. The highest BCUT2D eigenvalue weighted by Gasteiger charge is 2.18. The first-order valence-electron chi connectivity index (χ1n) is 26.3. The van der Waals surface area contributed by atoms with E-state index in [0.717, 1.165) is 70.6 Å². The van der Waals surface area contributed by atoms with E-state index < -0.39 is 12.1 Å². The molecular formula is C54H101NO5. The fraction of sp³-hybridized carbons (Fsp3) is 0.852.